The molecule has 2 aliphatic carbocycles. The smallest absolute Gasteiger partial charge is 0.407 e. The largest absolute Gasteiger partial charge is 0.481 e. The Morgan fingerprint density at radius 1 is 1.06 bits per heavy atom. The molecule has 2 aromatic carbocycles. The van der Waals surface area contributed by atoms with Crippen molar-refractivity contribution in [3.05, 3.63) is 59.7 Å². The SMILES string of the molecule is CC[C@H](NC(=O)OCC1c2ccccc2-c2ccccc21)C(=O)NC[C@@H]1[C@H](C(=O)O)C1(F)F. The second-order valence-corrected chi connectivity index (χ2v) is 8.27. The molecule has 0 radical (unpaired) electrons. The minimum atomic E-state index is -3.35. The Labute approximate surface area is 189 Å². The lowest BCUT2D eigenvalue weighted by molar-refractivity contribution is -0.141. The zero-order valence-corrected chi connectivity index (χ0v) is 17.9. The lowest BCUT2D eigenvalue weighted by Gasteiger charge is -2.18. The minimum Gasteiger partial charge on any atom is -0.481 e. The molecule has 0 bridgehead atoms. The zero-order valence-electron chi connectivity index (χ0n) is 17.9. The van der Waals surface area contributed by atoms with E-state index in [9.17, 15) is 23.2 Å². The average molecular weight is 458 g/mol. The van der Waals surface area contributed by atoms with E-state index in [2.05, 4.69) is 10.6 Å². The second kappa shape index (κ2) is 8.80. The summed E-state index contributed by atoms with van der Waals surface area (Å²) in [6, 6.07) is 14.8. The Morgan fingerprint density at radius 3 is 2.15 bits per heavy atom. The molecule has 0 spiro atoms. The molecule has 0 unspecified atom stereocenters. The Kier molecular flexibility index (Phi) is 6.05. The molecule has 3 N–H and O–H groups in total. The van der Waals surface area contributed by atoms with Gasteiger partial charge >= 0.3 is 12.1 Å². The van der Waals surface area contributed by atoms with E-state index in [0.29, 0.717) is 0 Å². The highest BCUT2D eigenvalue weighted by Gasteiger charge is 2.72. The first kappa shape index (κ1) is 22.7. The molecule has 33 heavy (non-hydrogen) atoms. The summed E-state index contributed by atoms with van der Waals surface area (Å²) in [6.07, 6.45) is -0.585. The number of alkyl carbamates (subject to hydrolysis) is 1. The number of carbonyl (C=O) groups is 3. The molecular weight excluding hydrogens is 434 g/mol. The Balaban J connectivity index is 1.32. The van der Waals surface area contributed by atoms with Crippen LogP contribution in [0.25, 0.3) is 11.1 Å². The number of ether oxygens (including phenoxy) is 1. The number of hydrogen-bond donors (Lipinski definition) is 3. The quantitative estimate of drug-likeness (QED) is 0.563. The van der Waals surface area contributed by atoms with Gasteiger partial charge in [0.2, 0.25) is 5.91 Å². The molecular formula is C24H24F2N2O5. The van der Waals surface area contributed by atoms with Gasteiger partial charge in [0.1, 0.15) is 18.6 Å². The molecule has 0 aromatic heterocycles. The van der Waals surface area contributed by atoms with Crippen LogP contribution in [-0.4, -0.2) is 48.2 Å². The van der Waals surface area contributed by atoms with Crippen molar-refractivity contribution in [3.8, 4) is 11.1 Å². The average Bonchev–Trinajstić information content (AvgIpc) is 3.21. The van der Waals surface area contributed by atoms with E-state index in [0.717, 1.165) is 22.3 Å². The van der Waals surface area contributed by atoms with Crippen molar-refractivity contribution in [3.63, 3.8) is 0 Å². The molecule has 2 aliphatic rings. The molecule has 174 valence electrons. The normalized spacial score (nSPS) is 20.8. The highest BCUT2D eigenvalue weighted by molar-refractivity contribution is 5.86. The lowest BCUT2D eigenvalue weighted by atomic mass is 9.98. The van der Waals surface area contributed by atoms with Crippen molar-refractivity contribution in [1.29, 1.82) is 0 Å². The van der Waals surface area contributed by atoms with Gasteiger partial charge in [0, 0.05) is 12.5 Å². The van der Waals surface area contributed by atoms with Crippen LogP contribution in [0.15, 0.2) is 48.5 Å². The molecule has 1 saturated carbocycles. The van der Waals surface area contributed by atoms with Crippen LogP contribution in [0, 0.1) is 11.8 Å². The molecule has 4 rings (SSSR count). The molecule has 0 saturated heterocycles. The Bertz CT molecular complexity index is 1040. The van der Waals surface area contributed by atoms with Gasteiger partial charge in [-0.25, -0.2) is 13.6 Å². The predicted molar refractivity (Wildman–Crippen MR) is 115 cm³/mol. The Hall–Kier alpha value is -3.49. The van der Waals surface area contributed by atoms with Crippen molar-refractivity contribution in [2.24, 2.45) is 11.8 Å². The maximum absolute atomic E-state index is 13.5. The van der Waals surface area contributed by atoms with Crippen LogP contribution in [0.5, 0.6) is 0 Å². The van der Waals surface area contributed by atoms with Crippen LogP contribution in [0.4, 0.5) is 13.6 Å². The molecule has 9 heteroatoms. The van der Waals surface area contributed by atoms with Crippen LogP contribution < -0.4 is 10.6 Å². The van der Waals surface area contributed by atoms with Gasteiger partial charge in [-0.15, -0.1) is 0 Å². The van der Waals surface area contributed by atoms with Gasteiger partial charge < -0.3 is 20.5 Å². The third-order valence-corrected chi connectivity index (χ3v) is 6.33. The van der Waals surface area contributed by atoms with Crippen molar-refractivity contribution >= 4 is 18.0 Å². The monoisotopic (exact) mass is 458 g/mol. The van der Waals surface area contributed by atoms with Crippen molar-refractivity contribution in [1.82, 2.24) is 10.6 Å². The van der Waals surface area contributed by atoms with Crippen LogP contribution in [0.1, 0.15) is 30.4 Å². The summed E-state index contributed by atoms with van der Waals surface area (Å²) in [5, 5.41) is 13.6. The van der Waals surface area contributed by atoms with Crippen molar-refractivity contribution in [2.45, 2.75) is 31.2 Å². The number of carboxylic acids is 1. The topological polar surface area (TPSA) is 105 Å². The Morgan fingerprint density at radius 2 is 1.64 bits per heavy atom. The fraction of sp³-hybridized carbons (Fsp3) is 0.375. The lowest BCUT2D eigenvalue weighted by Crippen LogP contribution is -2.47. The molecule has 7 nitrogen and oxygen atoms in total. The van der Waals surface area contributed by atoms with Crippen molar-refractivity contribution in [2.75, 3.05) is 13.2 Å². The van der Waals surface area contributed by atoms with Crippen molar-refractivity contribution < 1.29 is 33.0 Å². The van der Waals surface area contributed by atoms with E-state index in [4.69, 9.17) is 9.84 Å². The number of aliphatic carboxylic acids is 1. The number of fused-ring (bicyclic) bond motifs is 3. The highest BCUT2D eigenvalue weighted by Crippen LogP contribution is 2.54. The van der Waals surface area contributed by atoms with E-state index in [-0.39, 0.29) is 18.9 Å². The van der Waals surface area contributed by atoms with Crippen LogP contribution in [0.2, 0.25) is 0 Å². The summed E-state index contributed by atoms with van der Waals surface area (Å²) in [4.78, 5) is 35.6. The van der Waals surface area contributed by atoms with Gasteiger partial charge in [-0.3, -0.25) is 9.59 Å². The zero-order chi connectivity index (χ0) is 23.8. The minimum absolute atomic E-state index is 0.0759. The third kappa shape index (κ3) is 4.27. The molecule has 2 aromatic rings. The maximum Gasteiger partial charge on any atom is 0.407 e. The van der Waals surface area contributed by atoms with Gasteiger partial charge in [-0.05, 0) is 28.7 Å². The maximum atomic E-state index is 13.5. The van der Waals surface area contributed by atoms with E-state index in [1.54, 1.807) is 6.92 Å². The molecule has 1 fully saturated rings. The number of hydrogen-bond acceptors (Lipinski definition) is 4. The summed E-state index contributed by atoms with van der Waals surface area (Å²) < 4.78 is 32.4. The highest BCUT2D eigenvalue weighted by atomic mass is 19.3. The number of carbonyl (C=O) groups excluding carboxylic acids is 2. The van der Waals surface area contributed by atoms with Gasteiger partial charge in [-0.1, -0.05) is 55.5 Å². The summed E-state index contributed by atoms with van der Waals surface area (Å²) in [6.45, 7) is 1.25. The van der Waals surface area contributed by atoms with Gasteiger partial charge in [0.15, 0.2) is 0 Å². The summed E-state index contributed by atoms with van der Waals surface area (Å²) in [5.74, 6) is -9.00. The number of nitrogens with one attached hydrogen (secondary N) is 2. The van der Waals surface area contributed by atoms with Gasteiger partial charge in [0.05, 0.1) is 5.92 Å². The summed E-state index contributed by atoms with van der Waals surface area (Å²) in [5.41, 5.74) is 4.28. The summed E-state index contributed by atoms with van der Waals surface area (Å²) >= 11 is 0. The van der Waals surface area contributed by atoms with E-state index in [1.807, 2.05) is 48.5 Å². The number of alkyl halides is 2. The van der Waals surface area contributed by atoms with E-state index in [1.165, 1.54) is 0 Å². The standard InChI is InChI=1S/C24H24F2N2O5/c1-2-19(21(29)27-11-18-20(22(30)31)24(18,25)26)28-23(32)33-12-17-15-9-5-3-7-13(15)14-8-4-6-10-16(14)17/h3-10,17-20H,2,11-12H2,1H3,(H,27,29)(H,28,32)(H,30,31)/t18-,19+,20-/m1/s1. The summed E-state index contributed by atoms with van der Waals surface area (Å²) in [7, 11) is 0. The fourth-order valence-corrected chi connectivity index (χ4v) is 4.45. The number of benzene rings is 2. The first-order valence-electron chi connectivity index (χ1n) is 10.8. The molecule has 0 heterocycles. The number of rotatable bonds is 8. The van der Waals surface area contributed by atoms with Crippen LogP contribution in [-0.2, 0) is 14.3 Å². The number of amides is 2. The van der Waals surface area contributed by atoms with Crippen LogP contribution >= 0.6 is 0 Å². The first-order chi connectivity index (χ1) is 15.8. The van der Waals surface area contributed by atoms with Gasteiger partial charge in [0.25, 0.3) is 5.92 Å². The second-order valence-electron chi connectivity index (χ2n) is 8.27. The first-order valence-corrected chi connectivity index (χ1v) is 10.8. The molecule has 2 amide bonds. The molecule has 0 aliphatic heterocycles. The molecule has 3 atom stereocenters. The van der Waals surface area contributed by atoms with Gasteiger partial charge in [-0.2, -0.15) is 0 Å². The van der Waals surface area contributed by atoms with Crippen LogP contribution in [0.3, 0.4) is 0 Å². The van der Waals surface area contributed by atoms with E-state index < -0.39 is 48.3 Å². The third-order valence-electron chi connectivity index (χ3n) is 6.33. The van der Waals surface area contributed by atoms with E-state index >= 15 is 0 Å². The fourth-order valence-electron chi connectivity index (χ4n) is 4.45. The predicted octanol–water partition coefficient (Wildman–Crippen LogP) is 3.39. The number of halogens is 2. The number of carboxylic acid groups (broad SMARTS) is 1.